The molecule has 0 aromatic heterocycles. The number of alkyl halides is 3. The maximum absolute atomic E-state index is 12.9. The number of halogens is 3. The maximum atomic E-state index is 12.9. The van der Waals surface area contributed by atoms with Crippen LogP contribution in [0, 0.1) is 0 Å². The van der Waals surface area contributed by atoms with Crippen molar-refractivity contribution >= 4 is 0 Å². The van der Waals surface area contributed by atoms with E-state index in [1.165, 1.54) is 25.1 Å². The molecule has 1 heterocycles. The minimum atomic E-state index is -4.44. The van der Waals surface area contributed by atoms with E-state index >= 15 is 0 Å². The molecule has 0 saturated carbocycles. The molecule has 1 saturated heterocycles. The fourth-order valence-electron chi connectivity index (χ4n) is 2.02. The minimum absolute atomic E-state index is 0.0200. The molecule has 2 unspecified atom stereocenters. The first-order chi connectivity index (χ1) is 8.37. The van der Waals surface area contributed by atoms with Crippen LogP contribution in [0.25, 0.3) is 0 Å². The molecule has 2 atom stereocenters. The summed E-state index contributed by atoms with van der Waals surface area (Å²) in [6, 6.07) is 5.24. The summed E-state index contributed by atoms with van der Waals surface area (Å²) in [5, 5.41) is 0. The Kier molecular flexibility index (Phi) is 3.35. The smallest absolute Gasteiger partial charge is 0.343 e. The molecule has 0 spiro atoms. The summed E-state index contributed by atoms with van der Waals surface area (Å²) in [5.74, 6) is -1.39. The van der Waals surface area contributed by atoms with Crippen LogP contribution >= 0.6 is 0 Å². The summed E-state index contributed by atoms with van der Waals surface area (Å²) in [7, 11) is 0. The number of nitrogens with two attached hydrogens (primary N) is 1. The van der Waals surface area contributed by atoms with E-state index in [4.69, 9.17) is 15.2 Å². The zero-order chi connectivity index (χ0) is 13.4. The van der Waals surface area contributed by atoms with E-state index in [9.17, 15) is 13.2 Å². The molecule has 0 bridgehead atoms. The van der Waals surface area contributed by atoms with Gasteiger partial charge in [0.2, 0.25) is 0 Å². The van der Waals surface area contributed by atoms with Crippen molar-refractivity contribution in [1.29, 1.82) is 0 Å². The second kappa shape index (κ2) is 4.53. The molecule has 1 aliphatic heterocycles. The Bertz CT molecular complexity index is 436. The Balaban J connectivity index is 2.40. The van der Waals surface area contributed by atoms with Crippen LogP contribution in [-0.4, -0.2) is 19.3 Å². The highest BCUT2D eigenvalue weighted by molar-refractivity contribution is 5.33. The molecular weight excluding hydrogens is 247 g/mol. The van der Waals surface area contributed by atoms with Crippen LogP contribution in [-0.2, 0) is 21.4 Å². The van der Waals surface area contributed by atoms with Gasteiger partial charge in [-0.05, 0) is 13.0 Å². The zero-order valence-corrected chi connectivity index (χ0v) is 9.83. The number of benzene rings is 1. The van der Waals surface area contributed by atoms with Gasteiger partial charge in [-0.2, -0.15) is 13.2 Å². The van der Waals surface area contributed by atoms with Gasteiger partial charge in [0.15, 0.2) is 5.79 Å². The molecular formula is C12H14F3NO2. The van der Waals surface area contributed by atoms with E-state index in [2.05, 4.69) is 0 Å². The monoisotopic (exact) mass is 261 g/mol. The van der Waals surface area contributed by atoms with E-state index < -0.39 is 17.5 Å². The first-order valence-corrected chi connectivity index (χ1v) is 5.55. The summed E-state index contributed by atoms with van der Waals surface area (Å²) >= 11 is 0. The molecule has 2 N–H and O–H groups in total. The average Bonchev–Trinajstić information content (AvgIpc) is 2.71. The Hall–Kier alpha value is -1.11. The summed E-state index contributed by atoms with van der Waals surface area (Å²) in [6.07, 6.45) is -4.82. The molecule has 3 nitrogen and oxygen atoms in total. The van der Waals surface area contributed by atoms with Crippen LogP contribution in [0.2, 0.25) is 0 Å². The molecule has 100 valence electrons. The van der Waals surface area contributed by atoms with Gasteiger partial charge >= 0.3 is 6.18 Å². The van der Waals surface area contributed by atoms with Crippen molar-refractivity contribution in [1.82, 2.24) is 0 Å². The largest absolute Gasteiger partial charge is 0.416 e. The van der Waals surface area contributed by atoms with E-state index in [0.717, 1.165) is 6.07 Å². The van der Waals surface area contributed by atoms with Gasteiger partial charge in [-0.3, -0.25) is 0 Å². The number of ether oxygens (including phenoxy) is 2. The maximum Gasteiger partial charge on any atom is 0.416 e. The van der Waals surface area contributed by atoms with E-state index in [1.807, 2.05) is 0 Å². The summed E-state index contributed by atoms with van der Waals surface area (Å²) in [5.41, 5.74) is 4.66. The van der Waals surface area contributed by atoms with Crippen LogP contribution in [0.3, 0.4) is 0 Å². The highest BCUT2D eigenvalue weighted by Gasteiger charge is 2.44. The standard InChI is InChI=1S/C12H14F3NO2/c1-11(17-7-8(6-16)18-11)9-4-2-3-5-10(9)12(13,14)15/h2-5,8H,6-7,16H2,1H3. The summed E-state index contributed by atoms with van der Waals surface area (Å²) in [4.78, 5) is 0. The molecule has 6 heteroatoms. The van der Waals surface area contributed by atoms with Crippen LogP contribution in [0.15, 0.2) is 24.3 Å². The van der Waals surface area contributed by atoms with E-state index in [1.54, 1.807) is 0 Å². The fourth-order valence-corrected chi connectivity index (χ4v) is 2.02. The lowest BCUT2D eigenvalue weighted by atomic mass is 10.00. The molecule has 1 aromatic rings. The second-order valence-electron chi connectivity index (χ2n) is 4.28. The van der Waals surface area contributed by atoms with E-state index in [0.29, 0.717) is 0 Å². The summed E-state index contributed by atoms with van der Waals surface area (Å²) < 4.78 is 49.6. The van der Waals surface area contributed by atoms with Crippen molar-refractivity contribution in [3.8, 4) is 0 Å². The van der Waals surface area contributed by atoms with Gasteiger partial charge in [-0.25, -0.2) is 0 Å². The molecule has 0 amide bonds. The second-order valence-corrected chi connectivity index (χ2v) is 4.28. The van der Waals surface area contributed by atoms with Gasteiger partial charge in [-0.1, -0.05) is 18.2 Å². The first-order valence-electron chi connectivity index (χ1n) is 5.55. The van der Waals surface area contributed by atoms with Crippen molar-refractivity contribution < 1.29 is 22.6 Å². The Morgan fingerprint density at radius 1 is 1.39 bits per heavy atom. The third-order valence-corrected chi connectivity index (χ3v) is 2.92. The Labute approximate surface area is 103 Å². The lowest BCUT2D eigenvalue weighted by molar-refractivity contribution is -0.174. The Morgan fingerprint density at radius 3 is 2.61 bits per heavy atom. The quantitative estimate of drug-likeness (QED) is 0.888. The van der Waals surface area contributed by atoms with Gasteiger partial charge < -0.3 is 15.2 Å². The molecule has 1 fully saturated rings. The molecule has 18 heavy (non-hydrogen) atoms. The number of rotatable bonds is 2. The molecule has 2 rings (SSSR count). The molecule has 1 aliphatic rings. The molecule has 1 aromatic carbocycles. The third-order valence-electron chi connectivity index (χ3n) is 2.92. The fraction of sp³-hybridized carbons (Fsp3) is 0.500. The SMILES string of the molecule is CC1(c2ccccc2C(F)(F)F)OCC(CN)O1. The number of hydrogen-bond acceptors (Lipinski definition) is 3. The van der Waals surface area contributed by atoms with Gasteiger partial charge in [-0.15, -0.1) is 0 Å². The van der Waals surface area contributed by atoms with Gasteiger partial charge in [0, 0.05) is 12.1 Å². The van der Waals surface area contributed by atoms with Crippen molar-refractivity contribution in [2.45, 2.75) is 25.0 Å². The first kappa shape index (κ1) is 13.3. The summed E-state index contributed by atoms with van der Waals surface area (Å²) in [6.45, 7) is 1.89. The van der Waals surface area contributed by atoms with E-state index in [-0.39, 0.29) is 24.8 Å². The van der Waals surface area contributed by atoms with Crippen molar-refractivity contribution in [2.75, 3.05) is 13.2 Å². The lowest BCUT2D eigenvalue weighted by Crippen LogP contribution is -2.29. The van der Waals surface area contributed by atoms with Gasteiger partial charge in [0.25, 0.3) is 0 Å². The normalized spacial score (nSPS) is 28.6. The van der Waals surface area contributed by atoms with Crippen molar-refractivity contribution in [3.05, 3.63) is 35.4 Å². The lowest BCUT2D eigenvalue weighted by Gasteiger charge is -2.26. The van der Waals surface area contributed by atoms with Crippen LogP contribution in [0.1, 0.15) is 18.1 Å². The van der Waals surface area contributed by atoms with Crippen molar-refractivity contribution in [2.24, 2.45) is 5.73 Å². The van der Waals surface area contributed by atoms with Crippen LogP contribution < -0.4 is 5.73 Å². The highest BCUT2D eigenvalue weighted by Crippen LogP contribution is 2.41. The Morgan fingerprint density at radius 2 is 2.06 bits per heavy atom. The average molecular weight is 261 g/mol. The predicted molar refractivity (Wildman–Crippen MR) is 58.7 cm³/mol. The topological polar surface area (TPSA) is 44.5 Å². The minimum Gasteiger partial charge on any atom is -0.343 e. The van der Waals surface area contributed by atoms with Gasteiger partial charge in [0.05, 0.1) is 18.3 Å². The number of hydrogen-bond donors (Lipinski definition) is 1. The van der Waals surface area contributed by atoms with Crippen molar-refractivity contribution in [3.63, 3.8) is 0 Å². The van der Waals surface area contributed by atoms with Crippen LogP contribution in [0.4, 0.5) is 13.2 Å². The molecule has 0 aliphatic carbocycles. The van der Waals surface area contributed by atoms with Crippen LogP contribution in [0.5, 0.6) is 0 Å². The third kappa shape index (κ3) is 2.36. The highest BCUT2D eigenvalue weighted by atomic mass is 19.4. The predicted octanol–water partition coefficient (Wildman–Crippen LogP) is 2.25. The zero-order valence-electron chi connectivity index (χ0n) is 9.83. The molecule has 0 radical (unpaired) electrons. The van der Waals surface area contributed by atoms with Gasteiger partial charge in [0.1, 0.15) is 0 Å².